The van der Waals surface area contributed by atoms with Crippen LogP contribution >= 0.6 is 0 Å². The summed E-state index contributed by atoms with van der Waals surface area (Å²) in [5.41, 5.74) is 0. The highest BCUT2D eigenvalue weighted by atomic mass is 32.2. The van der Waals surface area contributed by atoms with Gasteiger partial charge in [0.2, 0.25) is 21.8 Å². The van der Waals surface area contributed by atoms with Crippen molar-refractivity contribution in [2.45, 2.75) is 51.0 Å². The van der Waals surface area contributed by atoms with E-state index in [1.165, 1.54) is 7.05 Å². The Bertz CT molecular complexity index is 621. The molecule has 25 heavy (non-hydrogen) atoms. The first-order valence-electron chi connectivity index (χ1n) is 9.39. The highest BCUT2D eigenvalue weighted by molar-refractivity contribution is 7.89. The molecular weight excluding hydrogens is 342 g/mol. The molecule has 2 amide bonds. The van der Waals surface area contributed by atoms with E-state index in [0.29, 0.717) is 13.1 Å². The van der Waals surface area contributed by atoms with Gasteiger partial charge in [-0.15, -0.1) is 0 Å². The number of hydrogen-bond donors (Lipinski definition) is 2. The van der Waals surface area contributed by atoms with Crippen molar-refractivity contribution in [3.63, 3.8) is 0 Å². The average molecular weight is 372 g/mol. The van der Waals surface area contributed by atoms with Gasteiger partial charge in [-0.1, -0.05) is 12.8 Å². The van der Waals surface area contributed by atoms with Crippen molar-refractivity contribution in [3.05, 3.63) is 0 Å². The van der Waals surface area contributed by atoms with Crippen molar-refractivity contribution in [3.8, 4) is 0 Å². The molecule has 1 saturated carbocycles. The van der Waals surface area contributed by atoms with Crippen molar-refractivity contribution in [2.24, 2.45) is 17.8 Å². The van der Waals surface area contributed by atoms with E-state index in [1.807, 2.05) is 4.90 Å². The number of rotatable bonds is 4. The minimum atomic E-state index is -3.27. The van der Waals surface area contributed by atoms with Crippen LogP contribution in [0.3, 0.4) is 0 Å². The van der Waals surface area contributed by atoms with E-state index in [0.717, 1.165) is 38.5 Å². The molecule has 4 atom stereocenters. The number of likely N-dealkylation sites (tertiary alicyclic amines) is 1. The van der Waals surface area contributed by atoms with Gasteiger partial charge in [0, 0.05) is 25.6 Å². The molecule has 2 saturated heterocycles. The Kier molecular flexibility index (Phi) is 5.68. The second-order valence-corrected chi connectivity index (χ2v) is 9.68. The molecule has 2 N–H and O–H groups in total. The van der Waals surface area contributed by atoms with E-state index >= 15 is 0 Å². The zero-order valence-corrected chi connectivity index (χ0v) is 15.7. The summed E-state index contributed by atoms with van der Waals surface area (Å²) in [5, 5.41) is 3.06. The molecule has 3 fully saturated rings. The molecule has 1 aliphatic carbocycles. The monoisotopic (exact) mass is 371 g/mol. The molecule has 3 rings (SSSR count). The molecule has 7 nitrogen and oxygen atoms in total. The number of carbonyl (C=O) groups is 2. The van der Waals surface area contributed by atoms with Crippen LogP contribution in [0.25, 0.3) is 0 Å². The fraction of sp³-hybridized carbons (Fsp3) is 0.882. The van der Waals surface area contributed by atoms with Crippen LogP contribution < -0.4 is 10.0 Å². The smallest absolute Gasteiger partial charge is 0.226 e. The number of nitrogens with zero attached hydrogens (tertiary/aromatic N) is 1. The van der Waals surface area contributed by atoms with Gasteiger partial charge in [0.1, 0.15) is 0 Å². The number of carbonyl (C=O) groups excluding carboxylic acids is 2. The van der Waals surface area contributed by atoms with Gasteiger partial charge >= 0.3 is 0 Å². The van der Waals surface area contributed by atoms with E-state index in [9.17, 15) is 18.0 Å². The molecule has 0 aromatic rings. The van der Waals surface area contributed by atoms with Crippen LogP contribution in [-0.2, 0) is 19.6 Å². The van der Waals surface area contributed by atoms with Crippen LogP contribution in [0.15, 0.2) is 0 Å². The van der Waals surface area contributed by atoms with Crippen LogP contribution in [0.5, 0.6) is 0 Å². The maximum atomic E-state index is 13.1. The maximum absolute atomic E-state index is 13.1. The van der Waals surface area contributed by atoms with E-state index in [-0.39, 0.29) is 47.8 Å². The highest BCUT2D eigenvalue weighted by Crippen LogP contribution is 2.36. The van der Waals surface area contributed by atoms with E-state index in [1.54, 1.807) is 0 Å². The van der Waals surface area contributed by atoms with Crippen molar-refractivity contribution in [2.75, 3.05) is 25.9 Å². The summed E-state index contributed by atoms with van der Waals surface area (Å²) in [6.45, 7) is 1.15. The lowest BCUT2D eigenvalue weighted by Gasteiger charge is -2.43. The Labute approximate surface area is 150 Å². The molecule has 0 aromatic heterocycles. The third kappa shape index (κ3) is 4.34. The number of sulfonamides is 1. The topological polar surface area (TPSA) is 95.6 Å². The molecule has 2 aliphatic heterocycles. The van der Waals surface area contributed by atoms with Crippen molar-refractivity contribution in [1.82, 2.24) is 14.9 Å². The minimum Gasteiger partial charge on any atom is -0.353 e. The first-order valence-corrected chi connectivity index (χ1v) is 11.0. The van der Waals surface area contributed by atoms with Gasteiger partial charge < -0.3 is 10.2 Å². The summed E-state index contributed by atoms with van der Waals surface area (Å²) in [6.07, 6.45) is 6.09. The standard InChI is InChI=1S/C17H29N3O4S/c1-18-25(23,24)11-12-5-4-8-20(10-12)17(22)14-9-16(21)19-15-7-3-2-6-13(14)15/h12-15,18H,2-11H2,1H3,(H,19,21). The second kappa shape index (κ2) is 7.61. The Morgan fingerprint density at radius 3 is 2.76 bits per heavy atom. The first-order chi connectivity index (χ1) is 11.9. The molecule has 8 heteroatoms. The van der Waals surface area contributed by atoms with Crippen LogP contribution in [0, 0.1) is 17.8 Å². The molecule has 142 valence electrons. The van der Waals surface area contributed by atoms with Gasteiger partial charge in [0.05, 0.1) is 11.7 Å². The maximum Gasteiger partial charge on any atom is 0.226 e. The zero-order valence-electron chi connectivity index (χ0n) is 14.9. The number of fused-ring (bicyclic) bond motifs is 1. The summed E-state index contributed by atoms with van der Waals surface area (Å²) in [5.74, 6) is 0.0599. The molecule has 4 unspecified atom stereocenters. The first kappa shape index (κ1) is 18.6. The second-order valence-electron chi connectivity index (χ2n) is 7.71. The van der Waals surface area contributed by atoms with Gasteiger partial charge in [-0.2, -0.15) is 0 Å². The van der Waals surface area contributed by atoms with Crippen molar-refractivity contribution < 1.29 is 18.0 Å². The molecule has 2 heterocycles. The van der Waals surface area contributed by atoms with Gasteiger partial charge in [-0.25, -0.2) is 13.1 Å². The Morgan fingerprint density at radius 2 is 2.00 bits per heavy atom. The van der Waals surface area contributed by atoms with Gasteiger partial charge in [-0.3, -0.25) is 9.59 Å². The van der Waals surface area contributed by atoms with Crippen LogP contribution in [0.4, 0.5) is 0 Å². The predicted octanol–water partition coefficient (Wildman–Crippen LogP) is 0.469. The lowest BCUT2D eigenvalue weighted by molar-refractivity contribution is -0.146. The van der Waals surface area contributed by atoms with Crippen molar-refractivity contribution >= 4 is 21.8 Å². The van der Waals surface area contributed by atoms with Gasteiger partial charge in [-0.05, 0) is 44.6 Å². The third-order valence-corrected chi connectivity index (χ3v) is 7.53. The number of piperidine rings is 2. The zero-order chi connectivity index (χ0) is 18.0. The van der Waals surface area contributed by atoms with Crippen LogP contribution in [0.2, 0.25) is 0 Å². The molecule has 0 radical (unpaired) electrons. The van der Waals surface area contributed by atoms with Gasteiger partial charge in [0.25, 0.3) is 0 Å². The van der Waals surface area contributed by atoms with Crippen molar-refractivity contribution in [1.29, 1.82) is 0 Å². The summed E-state index contributed by atoms with van der Waals surface area (Å²) in [6, 6.07) is 0.134. The molecule has 3 aliphatic rings. The van der Waals surface area contributed by atoms with E-state index in [2.05, 4.69) is 10.0 Å². The fourth-order valence-electron chi connectivity index (χ4n) is 4.74. The molecule has 0 aromatic carbocycles. The molecular formula is C17H29N3O4S. The molecule has 0 bridgehead atoms. The lowest BCUT2D eigenvalue weighted by atomic mass is 9.72. The van der Waals surface area contributed by atoms with Gasteiger partial charge in [0.15, 0.2) is 0 Å². The highest BCUT2D eigenvalue weighted by Gasteiger charge is 2.43. The third-order valence-electron chi connectivity index (χ3n) is 6.00. The Morgan fingerprint density at radius 1 is 1.24 bits per heavy atom. The quantitative estimate of drug-likeness (QED) is 0.751. The summed E-state index contributed by atoms with van der Waals surface area (Å²) >= 11 is 0. The number of hydrogen-bond acceptors (Lipinski definition) is 4. The minimum absolute atomic E-state index is 0.0205. The lowest BCUT2D eigenvalue weighted by Crippen LogP contribution is -2.56. The number of amides is 2. The largest absolute Gasteiger partial charge is 0.353 e. The SMILES string of the molecule is CNS(=O)(=O)CC1CCCN(C(=O)C2CC(=O)NC3CCCCC32)C1. The average Bonchev–Trinajstić information content (AvgIpc) is 2.60. The molecule has 0 spiro atoms. The number of nitrogens with one attached hydrogen (secondary N) is 2. The van der Waals surface area contributed by atoms with E-state index in [4.69, 9.17) is 0 Å². The summed E-state index contributed by atoms with van der Waals surface area (Å²) in [4.78, 5) is 27.0. The fourth-order valence-corrected chi connectivity index (χ4v) is 5.80. The summed E-state index contributed by atoms with van der Waals surface area (Å²) < 4.78 is 26.0. The van der Waals surface area contributed by atoms with E-state index < -0.39 is 10.0 Å². The normalized spacial score (nSPS) is 33.5. The van der Waals surface area contributed by atoms with Crippen LogP contribution in [0.1, 0.15) is 44.9 Å². The Hall–Kier alpha value is -1.15. The predicted molar refractivity (Wildman–Crippen MR) is 94.1 cm³/mol. The Balaban J connectivity index is 1.67. The van der Waals surface area contributed by atoms with Crippen LogP contribution in [-0.4, -0.2) is 57.1 Å². The summed E-state index contributed by atoms with van der Waals surface area (Å²) in [7, 11) is -1.85.